The van der Waals surface area contributed by atoms with E-state index in [-0.39, 0.29) is 61.3 Å². The number of amides is 3. The van der Waals surface area contributed by atoms with Crippen LogP contribution >= 0.6 is 0 Å². The summed E-state index contributed by atoms with van der Waals surface area (Å²) < 4.78 is 47.5. The highest BCUT2D eigenvalue weighted by Crippen LogP contribution is 2.54. The van der Waals surface area contributed by atoms with Crippen molar-refractivity contribution in [2.24, 2.45) is 18.4 Å². The molecule has 18 heteroatoms. The zero-order chi connectivity index (χ0) is 44.6. The average Bonchev–Trinajstić information content (AvgIpc) is 3.76. The Morgan fingerprint density at radius 2 is 1.86 bits per heavy atom. The van der Waals surface area contributed by atoms with E-state index in [1.165, 1.54) is 34.7 Å². The summed E-state index contributed by atoms with van der Waals surface area (Å²) in [5.74, 6) is -3.17. The highest BCUT2D eigenvalue weighted by atomic mass is 19.3. The first-order valence-corrected chi connectivity index (χ1v) is 21.3. The Bertz CT molecular complexity index is 2770. The molecule has 3 N–H and O–H groups in total. The van der Waals surface area contributed by atoms with Crippen LogP contribution in [-0.4, -0.2) is 92.6 Å². The number of pyridine rings is 1. The summed E-state index contributed by atoms with van der Waals surface area (Å²) in [6.07, 6.45) is 6.48. The number of alkyl halides is 2. The second-order valence-corrected chi connectivity index (χ2v) is 18.2. The van der Waals surface area contributed by atoms with Crippen LogP contribution in [0.15, 0.2) is 51.9 Å². The molecule has 3 saturated heterocycles. The SMILES string of the molecule is COc1ccc2c(c1N1CC3(CCN(CC4CCC(c5nc6cc(C(C)(C)O)c(NC(=O)c7cncc(C#N)c7)cc6o5)CC4)CC3(F)F)C1)n(C)c(=O)n2C1CCC(=O)NC1=O. The third-order valence-electron chi connectivity index (χ3n) is 13.6. The molecule has 1 atom stereocenters. The molecule has 3 aromatic heterocycles. The fourth-order valence-corrected chi connectivity index (χ4v) is 10.2. The quantitative estimate of drug-likeness (QED) is 0.161. The van der Waals surface area contributed by atoms with Crippen molar-refractivity contribution in [3.63, 3.8) is 0 Å². The summed E-state index contributed by atoms with van der Waals surface area (Å²) >= 11 is 0. The number of hydrogen-bond donors (Lipinski definition) is 3. The number of methoxy groups -OCH3 is 1. The van der Waals surface area contributed by atoms with Gasteiger partial charge in [0.25, 0.3) is 11.8 Å². The molecule has 63 heavy (non-hydrogen) atoms. The molecule has 6 heterocycles. The molecule has 1 aliphatic carbocycles. The molecule has 1 unspecified atom stereocenters. The number of aliphatic hydroxyl groups is 1. The van der Waals surface area contributed by atoms with Gasteiger partial charge in [-0.1, -0.05) is 0 Å². The average molecular weight is 866 g/mol. The van der Waals surface area contributed by atoms with Crippen molar-refractivity contribution in [1.82, 2.24) is 29.3 Å². The summed E-state index contributed by atoms with van der Waals surface area (Å²) in [6.45, 7) is 4.12. The molecule has 1 saturated carbocycles. The molecule has 5 aromatic rings. The summed E-state index contributed by atoms with van der Waals surface area (Å²) in [6, 6.07) is 9.27. The first-order chi connectivity index (χ1) is 30.0. The number of imide groups is 1. The lowest BCUT2D eigenvalue weighted by molar-refractivity contribution is -0.181. The third-order valence-corrected chi connectivity index (χ3v) is 13.6. The maximum absolute atomic E-state index is 16.4. The summed E-state index contributed by atoms with van der Waals surface area (Å²) in [4.78, 5) is 63.9. The molecular formula is C45H49F2N9O7. The van der Waals surface area contributed by atoms with Crippen molar-refractivity contribution in [2.75, 3.05) is 50.1 Å². The van der Waals surface area contributed by atoms with Crippen LogP contribution in [0, 0.1) is 22.7 Å². The Morgan fingerprint density at radius 1 is 1.10 bits per heavy atom. The minimum absolute atomic E-state index is 0.0194. The number of nitriles is 1. The van der Waals surface area contributed by atoms with Crippen molar-refractivity contribution in [1.29, 1.82) is 5.26 Å². The van der Waals surface area contributed by atoms with Gasteiger partial charge in [-0.15, -0.1) is 0 Å². The Morgan fingerprint density at radius 3 is 2.54 bits per heavy atom. The van der Waals surface area contributed by atoms with Gasteiger partial charge in [-0.2, -0.15) is 5.26 Å². The number of piperidine rings is 2. The van der Waals surface area contributed by atoms with Crippen LogP contribution in [0.2, 0.25) is 0 Å². The molecule has 330 valence electrons. The van der Waals surface area contributed by atoms with E-state index in [1.54, 1.807) is 45.2 Å². The van der Waals surface area contributed by atoms with Gasteiger partial charge in [-0.25, -0.2) is 18.6 Å². The van der Waals surface area contributed by atoms with Crippen molar-refractivity contribution in [2.45, 2.75) is 82.3 Å². The minimum atomic E-state index is -2.97. The number of fused-ring (bicyclic) bond motifs is 2. The van der Waals surface area contributed by atoms with Gasteiger partial charge in [0.05, 0.1) is 52.5 Å². The zero-order valence-electron chi connectivity index (χ0n) is 35.5. The van der Waals surface area contributed by atoms with Gasteiger partial charge in [0.2, 0.25) is 11.8 Å². The molecular weight excluding hydrogens is 817 g/mol. The zero-order valence-corrected chi connectivity index (χ0v) is 35.5. The highest BCUT2D eigenvalue weighted by Gasteiger charge is 2.63. The maximum Gasteiger partial charge on any atom is 0.329 e. The number of likely N-dealkylation sites (tertiary alicyclic amines) is 1. The number of carbonyl (C=O) groups is 3. The van der Waals surface area contributed by atoms with Crippen LogP contribution in [-0.2, 0) is 22.2 Å². The van der Waals surface area contributed by atoms with E-state index in [2.05, 4.69) is 15.6 Å². The topological polar surface area (TPSA) is 201 Å². The molecule has 3 amide bonds. The third kappa shape index (κ3) is 7.40. The Balaban J connectivity index is 0.844. The lowest BCUT2D eigenvalue weighted by Gasteiger charge is -2.58. The minimum Gasteiger partial charge on any atom is -0.494 e. The number of benzene rings is 2. The largest absolute Gasteiger partial charge is 0.494 e. The Kier molecular flexibility index (Phi) is 10.4. The molecule has 1 spiro atoms. The van der Waals surface area contributed by atoms with Crippen LogP contribution in [0.3, 0.4) is 0 Å². The van der Waals surface area contributed by atoms with E-state index in [1.807, 2.05) is 15.9 Å². The van der Waals surface area contributed by atoms with Gasteiger partial charge in [0.1, 0.15) is 29.1 Å². The van der Waals surface area contributed by atoms with Gasteiger partial charge >= 0.3 is 5.69 Å². The van der Waals surface area contributed by atoms with Gasteiger partial charge in [0.15, 0.2) is 11.5 Å². The standard InChI is InChI=1S/C45H49F2N9O7/c1-43(2,61)29-16-31-35(17-30(29)50-39(58)28-15-26(18-48)19-49-20-28)63-41(51-31)27-7-5-25(6-8-27)21-54-14-13-44(45(46,47)24-54)22-55(23-44)38-34(62-4)11-9-32-37(38)53(3)42(60)56(32)33-10-12-36(57)52-40(33)59/h9,11,15-17,19-20,25,27,33,61H,5-8,10,12-14,21-24H2,1-4H3,(H,50,58)(H,52,57,59). The number of carbonyl (C=O) groups excluding carboxylic acids is 3. The number of aryl methyl sites for hydroxylation is 1. The first kappa shape index (κ1) is 42.1. The van der Waals surface area contributed by atoms with E-state index in [9.17, 15) is 29.5 Å². The Hall–Kier alpha value is -6.19. The molecule has 16 nitrogen and oxygen atoms in total. The summed E-state index contributed by atoms with van der Waals surface area (Å²) in [5, 5.41) is 25.4. The summed E-state index contributed by atoms with van der Waals surface area (Å²) in [7, 11) is 3.08. The summed E-state index contributed by atoms with van der Waals surface area (Å²) in [5.41, 5.74) is 0.661. The van der Waals surface area contributed by atoms with E-state index < -0.39 is 40.5 Å². The van der Waals surface area contributed by atoms with Gasteiger partial charge in [-0.3, -0.25) is 38.7 Å². The number of oxazole rings is 1. The smallest absolute Gasteiger partial charge is 0.329 e. The van der Waals surface area contributed by atoms with E-state index >= 15 is 8.78 Å². The number of rotatable bonds is 9. The molecule has 4 fully saturated rings. The van der Waals surface area contributed by atoms with E-state index in [4.69, 9.17) is 14.1 Å². The second kappa shape index (κ2) is 15.6. The van der Waals surface area contributed by atoms with Crippen molar-refractivity contribution >= 4 is 51.2 Å². The number of anilines is 2. The molecule has 3 aliphatic heterocycles. The molecule has 0 radical (unpaired) electrons. The normalized spacial score (nSPS) is 22.5. The van der Waals surface area contributed by atoms with Crippen LogP contribution in [0.1, 0.15) is 98.1 Å². The number of halogens is 2. The van der Waals surface area contributed by atoms with Gasteiger partial charge in [-0.05, 0) is 89.1 Å². The number of hydrogen-bond acceptors (Lipinski definition) is 12. The molecule has 4 aliphatic rings. The number of imidazole rings is 1. The fraction of sp³-hybridized carbons (Fsp3) is 0.489. The van der Waals surface area contributed by atoms with Crippen LogP contribution in [0.4, 0.5) is 20.2 Å². The molecule has 9 rings (SSSR count). The lowest BCUT2D eigenvalue weighted by atomic mass is 9.68. The predicted octanol–water partition coefficient (Wildman–Crippen LogP) is 5.34. The number of nitrogens with one attached hydrogen (secondary N) is 2. The maximum atomic E-state index is 16.4. The monoisotopic (exact) mass is 865 g/mol. The second-order valence-electron chi connectivity index (χ2n) is 18.2. The fourth-order valence-electron chi connectivity index (χ4n) is 10.2. The van der Waals surface area contributed by atoms with Crippen molar-refractivity contribution in [3.8, 4) is 11.8 Å². The van der Waals surface area contributed by atoms with Crippen LogP contribution < -0.4 is 26.0 Å². The van der Waals surface area contributed by atoms with E-state index in [0.29, 0.717) is 70.2 Å². The van der Waals surface area contributed by atoms with Crippen LogP contribution in [0.5, 0.6) is 5.75 Å². The van der Waals surface area contributed by atoms with Crippen molar-refractivity contribution < 1.29 is 37.4 Å². The van der Waals surface area contributed by atoms with Gasteiger partial charge in [0, 0.05) is 63.0 Å². The first-order valence-electron chi connectivity index (χ1n) is 21.3. The number of nitrogens with zero attached hydrogens (tertiary/aromatic N) is 7. The predicted molar refractivity (Wildman–Crippen MR) is 227 cm³/mol. The Labute approximate surface area is 360 Å². The molecule has 2 aromatic carbocycles. The van der Waals surface area contributed by atoms with E-state index in [0.717, 1.165) is 25.7 Å². The lowest BCUT2D eigenvalue weighted by Crippen LogP contribution is -2.70. The van der Waals surface area contributed by atoms with Crippen molar-refractivity contribution in [3.05, 3.63) is 75.8 Å². The highest BCUT2D eigenvalue weighted by molar-refractivity contribution is 6.05. The number of ether oxygens (including phenoxy) is 1. The molecule has 0 bridgehead atoms. The van der Waals surface area contributed by atoms with Crippen LogP contribution in [0.25, 0.3) is 22.1 Å². The number of aromatic nitrogens is 4. The van der Waals surface area contributed by atoms with Gasteiger partial charge < -0.3 is 24.5 Å².